The lowest BCUT2D eigenvalue weighted by atomic mass is 10.1. The zero-order valence-corrected chi connectivity index (χ0v) is 8.55. The molecule has 0 amide bonds. The number of hydrogen-bond donors (Lipinski definition) is 0. The van der Waals surface area contributed by atoms with Crippen molar-refractivity contribution in [1.82, 2.24) is 9.78 Å². The van der Waals surface area contributed by atoms with Gasteiger partial charge >= 0.3 is 0 Å². The number of nitrogens with zero attached hydrogens (tertiary/aromatic N) is 2. The van der Waals surface area contributed by atoms with Crippen molar-refractivity contribution in [2.45, 2.75) is 6.42 Å². The summed E-state index contributed by atoms with van der Waals surface area (Å²) < 4.78 is 1.75. The van der Waals surface area contributed by atoms with E-state index in [-0.39, 0.29) is 0 Å². The van der Waals surface area contributed by atoms with E-state index in [4.69, 9.17) is 0 Å². The van der Waals surface area contributed by atoms with E-state index in [0.717, 1.165) is 23.2 Å². The molecule has 0 bridgehead atoms. The average molecular weight is 200 g/mol. The summed E-state index contributed by atoms with van der Waals surface area (Å²) in [5.41, 5.74) is 2.92. The third kappa shape index (κ3) is 1.96. The maximum atomic E-state index is 10.4. The van der Waals surface area contributed by atoms with E-state index >= 15 is 0 Å². The molecule has 0 saturated heterocycles. The number of carbonyl (C=O) groups excluding carboxylic acids is 1. The van der Waals surface area contributed by atoms with Crippen LogP contribution in [0.25, 0.3) is 11.3 Å². The molecule has 0 N–H and O–H groups in total. The highest BCUT2D eigenvalue weighted by Crippen LogP contribution is 2.17. The summed E-state index contributed by atoms with van der Waals surface area (Å²) in [6.07, 6.45) is 1.31. The van der Waals surface area contributed by atoms with Crippen molar-refractivity contribution < 1.29 is 4.79 Å². The van der Waals surface area contributed by atoms with Gasteiger partial charge in [0.15, 0.2) is 0 Å². The minimum atomic E-state index is 0.413. The molecule has 0 aliphatic heterocycles. The average Bonchev–Trinajstić information content (AvgIpc) is 2.63. The van der Waals surface area contributed by atoms with Gasteiger partial charge in [-0.25, -0.2) is 0 Å². The van der Waals surface area contributed by atoms with Crippen LogP contribution in [-0.4, -0.2) is 16.1 Å². The molecule has 1 aromatic carbocycles. The van der Waals surface area contributed by atoms with Crippen LogP contribution in [0.5, 0.6) is 0 Å². The van der Waals surface area contributed by atoms with Crippen molar-refractivity contribution in [2.24, 2.45) is 7.05 Å². The van der Waals surface area contributed by atoms with Gasteiger partial charge in [-0.2, -0.15) is 5.10 Å². The Morgan fingerprint density at radius 3 is 2.73 bits per heavy atom. The van der Waals surface area contributed by atoms with E-state index in [1.807, 2.05) is 43.4 Å². The molecule has 2 rings (SSSR count). The third-order valence-corrected chi connectivity index (χ3v) is 2.34. The second-order valence-electron chi connectivity index (χ2n) is 3.38. The summed E-state index contributed by atoms with van der Waals surface area (Å²) in [5.74, 6) is 0. The van der Waals surface area contributed by atoms with Crippen molar-refractivity contribution in [3.05, 3.63) is 42.1 Å². The SMILES string of the molecule is Cn1nc(-c2ccccc2)cc1CC=O. The van der Waals surface area contributed by atoms with Crippen LogP contribution in [0.2, 0.25) is 0 Å². The second kappa shape index (κ2) is 4.09. The number of rotatable bonds is 3. The Bertz CT molecular complexity index is 460. The summed E-state index contributed by atoms with van der Waals surface area (Å²) in [6, 6.07) is 11.9. The molecule has 76 valence electrons. The van der Waals surface area contributed by atoms with Gasteiger partial charge in [0.2, 0.25) is 0 Å². The number of benzene rings is 1. The molecule has 2 aromatic rings. The fraction of sp³-hybridized carbons (Fsp3) is 0.167. The molecule has 0 saturated carbocycles. The lowest BCUT2D eigenvalue weighted by molar-refractivity contribution is -0.107. The monoisotopic (exact) mass is 200 g/mol. The Hall–Kier alpha value is -1.90. The molecule has 0 spiro atoms. The van der Waals surface area contributed by atoms with Crippen LogP contribution in [0.15, 0.2) is 36.4 Å². The van der Waals surface area contributed by atoms with Crippen molar-refractivity contribution in [1.29, 1.82) is 0 Å². The Labute approximate surface area is 88.4 Å². The summed E-state index contributed by atoms with van der Waals surface area (Å²) in [5, 5.41) is 4.36. The molecule has 1 aromatic heterocycles. The van der Waals surface area contributed by atoms with Gasteiger partial charge in [-0.15, -0.1) is 0 Å². The van der Waals surface area contributed by atoms with Crippen LogP contribution in [0.1, 0.15) is 5.69 Å². The van der Waals surface area contributed by atoms with E-state index in [0.29, 0.717) is 6.42 Å². The molecular formula is C12H12N2O. The largest absolute Gasteiger partial charge is 0.303 e. The maximum absolute atomic E-state index is 10.4. The highest BCUT2D eigenvalue weighted by Gasteiger charge is 2.05. The molecule has 0 atom stereocenters. The molecule has 0 radical (unpaired) electrons. The van der Waals surface area contributed by atoms with Crippen molar-refractivity contribution in [3.8, 4) is 11.3 Å². The van der Waals surface area contributed by atoms with Crippen LogP contribution < -0.4 is 0 Å². The highest BCUT2D eigenvalue weighted by molar-refractivity contribution is 5.61. The lowest BCUT2D eigenvalue weighted by Crippen LogP contribution is -1.98. The topological polar surface area (TPSA) is 34.9 Å². The van der Waals surface area contributed by atoms with E-state index in [1.54, 1.807) is 4.68 Å². The molecule has 0 aliphatic carbocycles. The summed E-state index contributed by atoms with van der Waals surface area (Å²) in [6.45, 7) is 0. The first kappa shape index (κ1) is 9.65. The van der Waals surface area contributed by atoms with Gasteiger partial charge in [0, 0.05) is 24.7 Å². The van der Waals surface area contributed by atoms with Crippen LogP contribution >= 0.6 is 0 Å². The standard InChI is InChI=1S/C12H12N2O/c1-14-11(7-8-15)9-12(13-14)10-5-3-2-4-6-10/h2-6,8-9H,7H2,1H3. The van der Waals surface area contributed by atoms with Crippen LogP contribution in [-0.2, 0) is 18.3 Å². The fourth-order valence-electron chi connectivity index (χ4n) is 1.53. The normalized spacial score (nSPS) is 10.2. The van der Waals surface area contributed by atoms with Gasteiger partial charge in [-0.1, -0.05) is 30.3 Å². The van der Waals surface area contributed by atoms with Crippen LogP contribution in [0, 0.1) is 0 Å². The minimum absolute atomic E-state index is 0.413. The van der Waals surface area contributed by atoms with E-state index in [2.05, 4.69) is 5.10 Å². The predicted octanol–water partition coefficient (Wildman–Crippen LogP) is 1.83. The second-order valence-corrected chi connectivity index (χ2v) is 3.38. The zero-order chi connectivity index (χ0) is 10.7. The maximum Gasteiger partial charge on any atom is 0.125 e. The first-order valence-corrected chi connectivity index (χ1v) is 4.83. The van der Waals surface area contributed by atoms with Gasteiger partial charge in [0.25, 0.3) is 0 Å². The number of aromatic nitrogens is 2. The van der Waals surface area contributed by atoms with Gasteiger partial charge in [-0.05, 0) is 6.07 Å². The molecule has 3 nitrogen and oxygen atoms in total. The Balaban J connectivity index is 2.38. The number of carbonyl (C=O) groups is 1. The Morgan fingerprint density at radius 1 is 1.33 bits per heavy atom. The van der Waals surface area contributed by atoms with Gasteiger partial charge in [0.1, 0.15) is 6.29 Å². The molecule has 15 heavy (non-hydrogen) atoms. The number of aldehydes is 1. The lowest BCUT2D eigenvalue weighted by Gasteiger charge is -1.94. The van der Waals surface area contributed by atoms with E-state index in [1.165, 1.54) is 0 Å². The third-order valence-electron chi connectivity index (χ3n) is 2.34. The highest BCUT2D eigenvalue weighted by atomic mass is 16.1. The summed E-state index contributed by atoms with van der Waals surface area (Å²) in [7, 11) is 1.85. The van der Waals surface area contributed by atoms with Gasteiger partial charge in [-0.3, -0.25) is 4.68 Å². The van der Waals surface area contributed by atoms with Crippen LogP contribution in [0.3, 0.4) is 0 Å². The Morgan fingerprint density at radius 2 is 2.07 bits per heavy atom. The zero-order valence-electron chi connectivity index (χ0n) is 8.55. The predicted molar refractivity (Wildman–Crippen MR) is 58.4 cm³/mol. The molecule has 0 aliphatic rings. The summed E-state index contributed by atoms with van der Waals surface area (Å²) >= 11 is 0. The first-order valence-electron chi connectivity index (χ1n) is 4.83. The number of hydrogen-bond acceptors (Lipinski definition) is 2. The van der Waals surface area contributed by atoms with Crippen molar-refractivity contribution in [2.75, 3.05) is 0 Å². The Kier molecular flexibility index (Phi) is 2.63. The van der Waals surface area contributed by atoms with E-state index in [9.17, 15) is 4.79 Å². The summed E-state index contributed by atoms with van der Waals surface area (Å²) in [4.78, 5) is 10.4. The van der Waals surface area contributed by atoms with Gasteiger partial charge < -0.3 is 4.79 Å². The quantitative estimate of drug-likeness (QED) is 0.708. The van der Waals surface area contributed by atoms with Crippen LogP contribution in [0.4, 0.5) is 0 Å². The molecule has 1 heterocycles. The van der Waals surface area contributed by atoms with E-state index < -0.39 is 0 Å². The van der Waals surface area contributed by atoms with Crippen molar-refractivity contribution >= 4 is 6.29 Å². The van der Waals surface area contributed by atoms with Crippen molar-refractivity contribution in [3.63, 3.8) is 0 Å². The molecule has 0 unspecified atom stereocenters. The minimum Gasteiger partial charge on any atom is -0.303 e. The fourth-order valence-corrected chi connectivity index (χ4v) is 1.53. The molecular weight excluding hydrogens is 188 g/mol. The van der Waals surface area contributed by atoms with Gasteiger partial charge in [0.05, 0.1) is 5.69 Å². The smallest absolute Gasteiger partial charge is 0.125 e. The molecule has 3 heteroatoms. The number of aryl methyl sites for hydroxylation is 1. The first-order chi connectivity index (χ1) is 7.31. The molecule has 0 fully saturated rings.